The Balaban J connectivity index is 3.44. The summed E-state index contributed by atoms with van der Waals surface area (Å²) in [6, 6.07) is 0. The highest BCUT2D eigenvalue weighted by Gasteiger charge is 2.00. The van der Waals surface area contributed by atoms with Crippen molar-refractivity contribution in [2.24, 2.45) is 0 Å². The van der Waals surface area contributed by atoms with Gasteiger partial charge in [0.15, 0.2) is 0 Å². The van der Waals surface area contributed by atoms with Crippen LogP contribution in [0.3, 0.4) is 0 Å². The van der Waals surface area contributed by atoms with E-state index in [9.17, 15) is 4.79 Å². The molecule has 0 saturated heterocycles. The predicted octanol–water partition coefficient (Wildman–Crippen LogP) is 7.16. The number of esters is 1. The van der Waals surface area contributed by atoms with E-state index < -0.39 is 0 Å². The Bertz CT molecular complexity index is 473. The first-order chi connectivity index (χ1) is 13.3. The molecule has 0 spiro atoms. The standard InChI is InChI=1S/C24H38O2S/c1-2-3-4-5-6-7-8-9-10-11-12-13-14-15-16-17-18-19-20-21-24(25)26-22-23-27/h3-4,6-7,9-10,12-13,15-16,27H,2,5,8,11,14,17-23H2,1H3/b4-3+,7-6+,10-9+,13-12+,16-15+. The second kappa shape index (κ2) is 22.6. The Labute approximate surface area is 172 Å². The topological polar surface area (TPSA) is 26.3 Å². The van der Waals surface area contributed by atoms with E-state index in [0.717, 1.165) is 57.8 Å². The van der Waals surface area contributed by atoms with E-state index in [4.69, 9.17) is 4.74 Å². The summed E-state index contributed by atoms with van der Waals surface area (Å²) in [5, 5.41) is 0. The van der Waals surface area contributed by atoms with E-state index in [1.54, 1.807) is 0 Å². The summed E-state index contributed by atoms with van der Waals surface area (Å²) in [5.74, 6) is 0.495. The fourth-order valence-corrected chi connectivity index (χ4v) is 2.40. The van der Waals surface area contributed by atoms with Crippen LogP contribution >= 0.6 is 12.6 Å². The van der Waals surface area contributed by atoms with Crippen molar-refractivity contribution in [3.8, 4) is 0 Å². The summed E-state index contributed by atoms with van der Waals surface area (Å²) in [5.41, 5.74) is 0. The van der Waals surface area contributed by atoms with Crippen LogP contribution in [0.25, 0.3) is 0 Å². The minimum absolute atomic E-state index is 0.0982. The average molecular weight is 391 g/mol. The van der Waals surface area contributed by atoms with E-state index in [-0.39, 0.29) is 5.97 Å². The molecule has 0 rings (SSSR count). The minimum atomic E-state index is -0.0982. The van der Waals surface area contributed by atoms with Crippen molar-refractivity contribution in [3.63, 3.8) is 0 Å². The Hall–Kier alpha value is -1.48. The highest BCUT2D eigenvalue weighted by atomic mass is 32.1. The van der Waals surface area contributed by atoms with Crippen LogP contribution in [0.2, 0.25) is 0 Å². The SMILES string of the molecule is CC/C=C/C/C=C/C/C=C/C/C=C/C/C=C/CCCCCC(=O)OCCS. The molecule has 0 heterocycles. The van der Waals surface area contributed by atoms with Crippen LogP contribution in [0.5, 0.6) is 0 Å². The van der Waals surface area contributed by atoms with Crippen molar-refractivity contribution in [2.75, 3.05) is 12.4 Å². The largest absolute Gasteiger partial charge is 0.465 e. The van der Waals surface area contributed by atoms with Crippen molar-refractivity contribution >= 4 is 18.6 Å². The maximum Gasteiger partial charge on any atom is 0.305 e. The van der Waals surface area contributed by atoms with Gasteiger partial charge in [-0.3, -0.25) is 4.79 Å². The average Bonchev–Trinajstić information content (AvgIpc) is 2.68. The second-order valence-electron chi connectivity index (χ2n) is 6.25. The molecule has 0 aliphatic rings. The van der Waals surface area contributed by atoms with E-state index in [2.05, 4.69) is 80.3 Å². The molecule has 0 radical (unpaired) electrons. The number of allylic oxidation sites excluding steroid dienone is 10. The molecule has 0 amide bonds. The molecule has 0 aliphatic heterocycles. The molecule has 0 bridgehead atoms. The number of thiol groups is 1. The Morgan fingerprint density at radius 2 is 1.26 bits per heavy atom. The Morgan fingerprint density at radius 1 is 0.741 bits per heavy atom. The zero-order chi connectivity index (χ0) is 19.8. The van der Waals surface area contributed by atoms with Gasteiger partial charge in [-0.2, -0.15) is 12.6 Å². The van der Waals surface area contributed by atoms with Gasteiger partial charge in [-0.05, 0) is 51.4 Å². The van der Waals surface area contributed by atoms with Gasteiger partial charge in [0, 0.05) is 12.2 Å². The third-order valence-corrected chi connectivity index (χ3v) is 3.95. The van der Waals surface area contributed by atoms with Crippen LogP contribution in [-0.4, -0.2) is 18.3 Å². The second-order valence-corrected chi connectivity index (χ2v) is 6.70. The van der Waals surface area contributed by atoms with Crippen LogP contribution < -0.4 is 0 Å². The van der Waals surface area contributed by atoms with Crippen LogP contribution in [0.1, 0.15) is 71.1 Å². The summed E-state index contributed by atoms with van der Waals surface area (Å²) in [6.07, 6.45) is 32.0. The van der Waals surface area contributed by atoms with Crippen LogP contribution in [0.15, 0.2) is 60.8 Å². The lowest BCUT2D eigenvalue weighted by Crippen LogP contribution is -2.06. The summed E-state index contributed by atoms with van der Waals surface area (Å²) >= 11 is 4.01. The van der Waals surface area contributed by atoms with Gasteiger partial charge in [-0.1, -0.05) is 74.1 Å². The monoisotopic (exact) mass is 390 g/mol. The van der Waals surface area contributed by atoms with Gasteiger partial charge in [-0.25, -0.2) is 0 Å². The van der Waals surface area contributed by atoms with Crippen LogP contribution in [0, 0.1) is 0 Å². The van der Waals surface area contributed by atoms with Gasteiger partial charge in [0.25, 0.3) is 0 Å². The van der Waals surface area contributed by atoms with Crippen molar-refractivity contribution in [2.45, 2.75) is 71.1 Å². The highest BCUT2D eigenvalue weighted by Crippen LogP contribution is 2.05. The normalized spacial score (nSPS) is 12.5. The molecule has 0 saturated carbocycles. The third kappa shape index (κ3) is 22.5. The maximum absolute atomic E-state index is 11.3. The smallest absolute Gasteiger partial charge is 0.305 e. The zero-order valence-electron chi connectivity index (χ0n) is 17.0. The van der Waals surface area contributed by atoms with Gasteiger partial charge in [-0.15, -0.1) is 0 Å². The summed E-state index contributed by atoms with van der Waals surface area (Å²) in [6.45, 7) is 2.57. The lowest BCUT2D eigenvalue weighted by atomic mass is 10.1. The Morgan fingerprint density at radius 3 is 1.78 bits per heavy atom. The molecule has 152 valence electrons. The Kier molecular flexibility index (Phi) is 21.3. The molecule has 0 aromatic rings. The number of rotatable bonds is 17. The molecular formula is C24H38O2S. The number of carbonyl (C=O) groups excluding carboxylic acids is 1. The van der Waals surface area contributed by atoms with Crippen molar-refractivity contribution in [1.29, 1.82) is 0 Å². The van der Waals surface area contributed by atoms with Gasteiger partial charge < -0.3 is 4.74 Å². The number of hydrogen-bond acceptors (Lipinski definition) is 3. The number of hydrogen-bond donors (Lipinski definition) is 1. The molecule has 0 unspecified atom stereocenters. The fraction of sp³-hybridized carbons (Fsp3) is 0.542. The minimum Gasteiger partial charge on any atom is -0.465 e. The summed E-state index contributed by atoms with van der Waals surface area (Å²) < 4.78 is 4.98. The number of carbonyl (C=O) groups is 1. The molecule has 3 heteroatoms. The van der Waals surface area contributed by atoms with E-state index in [1.807, 2.05) is 0 Å². The lowest BCUT2D eigenvalue weighted by molar-refractivity contribution is -0.143. The lowest BCUT2D eigenvalue weighted by Gasteiger charge is -2.01. The van der Waals surface area contributed by atoms with Crippen molar-refractivity contribution in [3.05, 3.63) is 60.8 Å². The fourth-order valence-electron chi connectivity index (χ4n) is 2.31. The molecule has 0 N–H and O–H groups in total. The molecule has 0 aromatic carbocycles. The van der Waals surface area contributed by atoms with Gasteiger partial charge >= 0.3 is 5.97 Å². The molecule has 0 aromatic heterocycles. The number of ether oxygens (including phenoxy) is 1. The third-order valence-electron chi connectivity index (χ3n) is 3.76. The van der Waals surface area contributed by atoms with E-state index >= 15 is 0 Å². The molecule has 27 heavy (non-hydrogen) atoms. The van der Waals surface area contributed by atoms with Crippen molar-refractivity contribution in [1.82, 2.24) is 0 Å². The molecule has 0 atom stereocenters. The maximum atomic E-state index is 11.3. The van der Waals surface area contributed by atoms with Gasteiger partial charge in [0.05, 0.1) is 0 Å². The molecule has 2 nitrogen and oxygen atoms in total. The summed E-state index contributed by atoms with van der Waals surface area (Å²) in [4.78, 5) is 11.3. The first-order valence-electron chi connectivity index (χ1n) is 10.3. The van der Waals surface area contributed by atoms with Crippen LogP contribution in [0.4, 0.5) is 0 Å². The molecular weight excluding hydrogens is 352 g/mol. The van der Waals surface area contributed by atoms with Gasteiger partial charge in [0.1, 0.15) is 6.61 Å². The molecule has 0 aliphatic carbocycles. The first kappa shape index (κ1) is 25.5. The zero-order valence-corrected chi connectivity index (χ0v) is 17.9. The summed E-state index contributed by atoms with van der Waals surface area (Å²) in [7, 11) is 0. The number of unbranched alkanes of at least 4 members (excludes halogenated alkanes) is 3. The van der Waals surface area contributed by atoms with E-state index in [1.165, 1.54) is 0 Å². The van der Waals surface area contributed by atoms with Crippen molar-refractivity contribution < 1.29 is 9.53 Å². The van der Waals surface area contributed by atoms with Crippen LogP contribution in [-0.2, 0) is 9.53 Å². The molecule has 0 fully saturated rings. The predicted molar refractivity (Wildman–Crippen MR) is 122 cm³/mol. The highest BCUT2D eigenvalue weighted by molar-refractivity contribution is 7.80. The quantitative estimate of drug-likeness (QED) is 0.123. The van der Waals surface area contributed by atoms with E-state index in [0.29, 0.717) is 18.8 Å². The first-order valence-corrected chi connectivity index (χ1v) is 11.0. The van der Waals surface area contributed by atoms with Gasteiger partial charge in [0.2, 0.25) is 0 Å².